The van der Waals surface area contributed by atoms with Crippen LogP contribution in [0.3, 0.4) is 0 Å². The number of aromatic nitrogens is 2. The summed E-state index contributed by atoms with van der Waals surface area (Å²) < 4.78 is 37.5. The van der Waals surface area contributed by atoms with Crippen LogP contribution in [-0.4, -0.2) is 40.3 Å². The highest BCUT2D eigenvalue weighted by molar-refractivity contribution is 6.30. The van der Waals surface area contributed by atoms with Gasteiger partial charge >= 0.3 is 12.1 Å². The summed E-state index contributed by atoms with van der Waals surface area (Å²) in [5.41, 5.74) is 1.96. The molecule has 0 saturated carbocycles. The molecule has 0 radical (unpaired) electrons. The van der Waals surface area contributed by atoms with Gasteiger partial charge in [-0.3, -0.25) is 4.98 Å². The van der Waals surface area contributed by atoms with E-state index in [-0.39, 0.29) is 0 Å². The SMILES string of the molecule is Clc1ccc(COc2cccc(C3CCNCC3)n2)nc1.O=C(O)C(F)(F)F. The highest BCUT2D eigenvalue weighted by Crippen LogP contribution is 2.25. The van der Waals surface area contributed by atoms with E-state index < -0.39 is 12.1 Å². The average molecular weight is 418 g/mol. The molecule has 3 rings (SSSR count). The van der Waals surface area contributed by atoms with Crippen LogP contribution in [-0.2, 0) is 11.4 Å². The zero-order chi connectivity index (χ0) is 20.6. The van der Waals surface area contributed by atoms with Crippen molar-refractivity contribution in [1.82, 2.24) is 15.3 Å². The van der Waals surface area contributed by atoms with Crippen molar-refractivity contribution in [3.8, 4) is 5.88 Å². The third kappa shape index (κ3) is 7.32. The molecular formula is C18H19ClF3N3O3. The van der Waals surface area contributed by atoms with Gasteiger partial charge in [-0.25, -0.2) is 9.78 Å². The molecule has 2 N–H and O–H groups in total. The monoisotopic (exact) mass is 417 g/mol. The Hall–Kier alpha value is -2.39. The van der Waals surface area contributed by atoms with E-state index in [1.54, 1.807) is 6.20 Å². The number of nitrogens with zero attached hydrogens (tertiary/aromatic N) is 2. The molecule has 0 bridgehead atoms. The third-order valence-corrected chi connectivity index (χ3v) is 4.13. The number of halogens is 4. The van der Waals surface area contributed by atoms with E-state index in [2.05, 4.69) is 21.4 Å². The second-order valence-electron chi connectivity index (χ2n) is 5.98. The predicted octanol–water partition coefficient (Wildman–Crippen LogP) is 3.81. The molecule has 0 aromatic carbocycles. The van der Waals surface area contributed by atoms with Gasteiger partial charge in [0.2, 0.25) is 5.88 Å². The fourth-order valence-corrected chi connectivity index (χ4v) is 2.61. The average Bonchev–Trinajstić information content (AvgIpc) is 2.68. The molecule has 1 aliphatic rings. The second kappa shape index (κ2) is 10.2. The maximum absolute atomic E-state index is 10.6. The fourth-order valence-electron chi connectivity index (χ4n) is 2.50. The quantitative estimate of drug-likeness (QED) is 0.787. The molecule has 1 fully saturated rings. The molecular weight excluding hydrogens is 399 g/mol. The van der Waals surface area contributed by atoms with Crippen molar-refractivity contribution < 1.29 is 27.8 Å². The van der Waals surface area contributed by atoms with Crippen LogP contribution in [0.4, 0.5) is 13.2 Å². The first kappa shape index (κ1) is 21.9. The molecule has 0 amide bonds. The molecule has 6 nitrogen and oxygen atoms in total. The summed E-state index contributed by atoms with van der Waals surface area (Å²) in [6.07, 6.45) is -1.19. The molecule has 152 valence electrons. The van der Waals surface area contributed by atoms with E-state index in [9.17, 15) is 13.2 Å². The van der Waals surface area contributed by atoms with E-state index >= 15 is 0 Å². The standard InChI is InChI=1S/C16H18ClN3O.C2HF3O2/c17-13-4-5-14(19-10-13)11-21-16-3-1-2-15(20-16)12-6-8-18-9-7-12;3-2(4,5)1(6)7/h1-5,10,12,18H,6-9,11H2;(H,6,7). The first-order valence-corrected chi connectivity index (χ1v) is 8.84. The Morgan fingerprint density at radius 2 is 1.93 bits per heavy atom. The molecule has 0 spiro atoms. The minimum absolute atomic E-state index is 0.403. The van der Waals surface area contributed by atoms with Gasteiger partial charge in [-0.15, -0.1) is 0 Å². The van der Waals surface area contributed by atoms with Crippen LogP contribution in [0.2, 0.25) is 5.02 Å². The number of carboxylic acids is 1. The first-order valence-electron chi connectivity index (χ1n) is 8.46. The number of hydrogen-bond donors (Lipinski definition) is 2. The number of carbonyl (C=O) groups is 1. The van der Waals surface area contributed by atoms with Gasteiger partial charge in [-0.1, -0.05) is 17.7 Å². The van der Waals surface area contributed by atoms with Crippen molar-refractivity contribution in [1.29, 1.82) is 0 Å². The fraction of sp³-hybridized carbons (Fsp3) is 0.389. The van der Waals surface area contributed by atoms with Crippen molar-refractivity contribution in [2.45, 2.75) is 31.5 Å². The van der Waals surface area contributed by atoms with Crippen molar-refractivity contribution in [3.05, 3.63) is 52.9 Å². The van der Waals surface area contributed by atoms with Gasteiger partial charge in [0.1, 0.15) is 6.61 Å². The minimum atomic E-state index is -5.08. The maximum Gasteiger partial charge on any atom is 0.490 e. The van der Waals surface area contributed by atoms with Crippen molar-refractivity contribution >= 4 is 17.6 Å². The molecule has 1 saturated heterocycles. The lowest BCUT2D eigenvalue weighted by Gasteiger charge is -2.22. The molecule has 0 aliphatic carbocycles. The number of pyridine rings is 2. The lowest BCUT2D eigenvalue weighted by molar-refractivity contribution is -0.192. The van der Waals surface area contributed by atoms with Gasteiger partial charge in [0, 0.05) is 23.9 Å². The number of piperidine rings is 1. The number of aliphatic carboxylic acids is 1. The topological polar surface area (TPSA) is 84.3 Å². The van der Waals surface area contributed by atoms with Gasteiger partial charge in [0.15, 0.2) is 0 Å². The van der Waals surface area contributed by atoms with Crippen LogP contribution in [0.5, 0.6) is 5.88 Å². The van der Waals surface area contributed by atoms with Gasteiger partial charge in [-0.05, 0) is 44.1 Å². The number of ether oxygens (including phenoxy) is 1. The summed E-state index contributed by atoms with van der Waals surface area (Å²) in [6.45, 7) is 2.53. The van der Waals surface area contributed by atoms with Crippen LogP contribution in [0.15, 0.2) is 36.5 Å². The van der Waals surface area contributed by atoms with Crippen LogP contribution in [0.1, 0.15) is 30.1 Å². The highest BCUT2D eigenvalue weighted by Gasteiger charge is 2.38. The van der Waals surface area contributed by atoms with Crippen LogP contribution < -0.4 is 10.1 Å². The molecule has 0 unspecified atom stereocenters. The molecule has 2 aromatic rings. The lowest BCUT2D eigenvalue weighted by Crippen LogP contribution is -2.27. The third-order valence-electron chi connectivity index (χ3n) is 3.90. The van der Waals surface area contributed by atoms with Crippen molar-refractivity contribution in [2.24, 2.45) is 0 Å². The molecule has 2 aromatic heterocycles. The van der Waals surface area contributed by atoms with Crippen LogP contribution >= 0.6 is 11.6 Å². The van der Waals surface area contributed by atoms with Crippen molar-refractivity contribution in [3.63, 3.8) is 0 Å². The zero-order valence-corrected chi connectivity index (χ0v) is 15.5. The number of nitrogens with one attached hydrogen (secondary N) is 1. The van der Waals surface area contributed by atoms with E-state index in [0.29, 0.717) is 23.4 Å². The maximum atomic E-state index is 10.6. The second-order valence-corrected chi connectivity index (χ2v) is 6.42. The molecule has 0 atom stereocenters. The minimum Gasteiger partial charge on any atom is -0.475 e. The summed E-state index contributed by atoms with van der Waals surface area (Å²) in [7, 11) is 0. The Labute approximate surface area is 164 Å². The Kier molecular flexibility index (Phi) is 8.01. The predicted molar refractivity (Wildman–Crippen MR) is 96.4 cm³/mol. The molecule has 10 heteroatoms. The number of hydrogen-bond acceptors (Lipinski definition) is 5. The van der Waals surface area contributed by atoms with E-state index in [1.165, 1.54) is 0 Å². The first-order chi connectivity index (χ1) is 13.3. The Bertz CT molecular complexity index is 767. The highest BCUT2D eigenvalue weighted by atomic mass is 35.5. The normalized spacial score (nSPS) is 14.7. The number of alkyl halides is 3. The molecule has 3 heterocycles. The smallest absolute Gasteiger partial charge is 0.475 e. The summed E-state index contributed by atoms with van der Waals surface area (Å²) in [4.78, 5) is 17.7. The van der Waals surface area contributed by atoms with Gasteiger partial charge in [-0.2, -0.15) is 13.2 Å². The van der Waals surface area contributed by atoms with Crippen LogP contribution in [0.25, 0.3) is 0 Å². The summed E-state index contributed by atoms with van der Waals surface area (Å²) >= 11 is 5.81. The van der Waals surface area contributed by atoms with Crippen molar-refractivity contribution in [2.75, 3.05) is 13.1 Å². The number of carboxylic acid groups (broad SMARTS) is 1. The van der Waals surface area contributed by atoms with E-state index in [0.717, 1.165) is 37.3 Å². The van der Waals surface area contributed by atoms with E-state index in [4.69, 9.17) is 26.2 Å². The Balaban J connectivity index is 0.000000345. The van der Waals surface area contributed by atoms with Crippen LogP contribution in [0, 0.1) is 0 Å². The Morgan fingerprint density at radius 1 is 1.25 bits per heavy atom. The van der Waals surface area contributed by atoms with Gasteiger partial charge in [0.25, 0.3) is 0 Å². The summed E-state index contributed by atoms with van der Waals surface area (Å²) in [5, 5.41) is 11.1. The largest absolute Gasteiger partial charge is 0.490 e. The van der Waals surface area contributed by atoms with Gasteiger partial charge in [0.05, 0.1) is 10.7 Å². The molecule has 28 heavy (non-hydrogen) atoms. The summed E-state index contributed by atoms with van der Waals surface area (Å²) in [5.74, 6) is -1.57. The number of rotatable bonds is 4. The van der Waals surface area contributed by atoms with Gasteiger partial charge < -0.3 is 15.2 Å². The Morgan fingerprint density at radius 3 is 2.50 bits per heavy atom. The summed E-state index contributed by atoms with van der Waals surface area (Å²) in [6, 6.07) is 9.66. The molecule has 1 aliphatic heterocycles. The lowest BCUT2D eigenvalue weighted by atomic mass is 9.94. The zero-order valence-electron chi connectivity index (χ0n) is 14.7. The van der Waals surface area contributed by atoms with E-state index in [1.807, 2.05) is 24.3 Å².